The van der Waals surface area contributed by atoms with Crippen molar-refractivity contribution in [1.29, 1.82) is 0 Å². The molecule has 9 nitrogen and oxygen atoms in total. The lowest BCUT2D eigenvalue weighted by atomic mass is 10.4. The Kier molecular flexibility index (Phi) is 7.10. The fraction of sp³-hybridized carbons (Fsp3) is 0.412. The van der Waals surface area contributed by atoms with E-state index in [2.05, 4.69) is 20.2 Å². The predicted octanol–water partition coefficient (Wildman–Crippen LogP) is 3.62. The van der Waals surface area contributed by atoms with Crippen molar-refractivity contribution in [3.63, 3.8) is 0 Å². The third-order valence-electron chi connectivity index (χ3n) is 3.89. The molecule has 1 unspecified atom stereocenters. The summed E-state index contributed by atoms with van der Waals surface area (Å²) < 4.78 is 74.7. The Morgan fingerprint density at radius 2 is 2.00 bits per heavy atom. The number of pyridine rings is 1. The molecule has 0 bridgehead atoms. The van der Waals surface area contributed by atoms with Crippen LogP contribution < -0.4 is 9.04 Å². The quantitative estimate of drug-likeness (QED) is 0.435. The van der Waals surface area contributed by atoms with Gasteiger partial charge in [0.2, 0.25) is 10.0 Å². The van der Waals surface area contributed by atoms with Gasteiger partial charge >= 0.3 is 0 Å². The minimum atomic E-state index is -3.77. The van der Waals surface area contributed by atoms with Gasteiger partial charge in [0.05, 0.1) is 36.6 Å². The molecule has 0 aliphatic rings. The third kappa shape index (κ3) is 5.70. The number of rotatable bonds is 10. The molecule has 0 saturated heterocycles. The molecule has 3 rings (SSSR count). The van der Waals surface area contributed by atoms with Crippen LogP contribution in [0.2, 0.25) is 0 Å². The third-order valence-corrected chi connectivity index (χ3v) is 6.60. The van der Waals surface area contributed by atoms with E-state index in [9.17, 15) is 21.6 Å². The van der Waals surface area contributed by atoms with E-state index in [-0.39, 0.29) is 35.5 Å². The van der Waals surface area contributed by atoms with E-state index in [0.29, 0.717) is 9.88 Å². The molecular weight excluding hydrogens is 459 g/mol. The van der Waals surface area contributed by atoms with Gasteiger partial charge in [0, 0.05) is 6.07 Å². The molecule has 0 radical (unpaired) electrons. The van der Waals surface area contributed by atoms with E-state index in [1.165, 1.54) is 38.5 Å². The average Bonchev–Trinajstić information content (AvgIpc) is 3.40. The molecule has 14 heteroatoms. The number of sulfonamides is 1. The number of alkyl halides is 3. The van der Waals surface area contributed by atoms with Crippen molar-refractivity contribution in [3.8, 4) is 16.5 Å². The van der Waals surface area contributed by atoms with Gasteiger partial charge in [-0.2, -0.15) is 0 Å². The summed E-state index contributed by atoms with van der Waals surface area (Å²) in [7, 11) is -3.77. The van der Waals surface area contributed by atoms with Crippen LogP contribution in [-0.4, -0.2) is 47.4 Å². The van der Waals surface area contributed by atoms with Crippen LogP contribution in [0.3, 0.4) is 0 Å². The zero-order valence-electron chi connectivity index (χ0n) is 16.4. The number of anilines is 1. The molecule has 1 atom stereocenters. The Hall–Kier alpha value is -2.74. The van der Waals surface area contributed by atoms with Gasteiger partial charge in [-0.1, -0.05) is 0 Å². The first-order valence-corrected chi connectivity index (χ1v) is 11.4. The molecule has 0 aliphatic carbocycles. The minimum Gasteiger partial charge on any atom is -0.486 e. The molecule has 3 aromatic heterocycles. The van der Waals surface area contributed by atoms with Crippen molar-refractivity contribution in [2.45, 2.75) is 33.0 Å². The predicted molar refractivity (Wildman–Crippen MR) is 106 cm³/mol. The Labute approximate surface area is 180 Å². The van der Waals surface area contributed by atoms with Gasteiger partial charge in [0.25, 0.3) is 18.2 Å². The van der Waals surface area contributed by atoms with Crippen LogP contribution in [0.15, 0.2) is 29.1 Å². The Morgan fingerprint density at radius 3 is 2.65 bits per heavy atom. The van der Waals surface area contributed by atoms with Crippen LogP contribution in [0.5, 0.6) is 5.75 Å². The lowest BCUT2D eigenvalue weighted by Crippen LogP contribution is -2.32. The van der Waals surface area contributed by atoms with Crippen molar-refractivity contribution in [1.82, 2.24) is 20.2 Å². The van der Waals surface area contributed by atoms with Gasteiger partial charge in [0.15, 0.2) is 6.17 Å². The molecule has 3 heterocycles. The highest BCUT2D eigenvalue weighted by Crippen LogP contribution is 2.30. The highest BCUT2D eigenvalue weighted by molar-refractivity contribution is 7.92. The maximum absolute atomic E-state index is 13.3. The summed E-state index contributed by atoms with van der Waals surface area (Å²) in [6.07, 6.45) is -0.200. The van der Waals surface area contributed by atoms with Crippen LogP contribution >= 0.6 is 11.3 Å². The fourth-order valence-corrected chi connectivity index (χ4v) is 4.35. The van der Waals surface area contributed by atoms with Crippen LogP contribution in [0.25, 0.3) is 10.8 Å². The molecular formula is C17H18F3N5O4S2. The molecule has 168 valence electrons. The normalized spacial score (nSPS) is 12.8. The monoisotopic (exact) mass is 477 g/mol. The Balaban J connectivity index is 1.86. The second-order valence-electron chi connectivity index (χ2n) is 6.17. The van der Waals surface area contributed by atoms with E-state index in [1.54, 1.807) is 0 Å². The first kappa shape index (κ1) is 22.9. The number of hydrogen-bond acceptors (Lipinski definition) is 9. The molecule has 0 fully saturated rings. The largest absolute Gasteiger partial charge is 0.486 e. The summed E-state index contributed by atoms with van der Waals surface area (Å²) in [6, 6.07) is 1.31. The number of aromatic nitrogens is 4. The van der Waals surface area contributed by atoms with E-state index in [4.69, 9.17) is 9.15 Å². The summed E-state index contributed by atoms with van der Waals surface area (Å²) >= 11 is 1.09. The van der Waals surface area contributed by atoms with Crippen molar-refractivity contribution in [2.75, 3.05) is 16.7 Å². The van der Waals surface area contributed by atoms with Crippen LogP contribution in [-0.2, 0) is 16.6 Å². The first-order valence-electron chi connectivity index (χ1n) is 8.98. The highest BCUT2D eigenvalue weighted by Gasteiger charge is 2.24. The van der Waals surface area contributed by atoms with Gasteiger partial charge in [-0.15, -0.1) is 21.5 Å². The van der Waals surface area contributed by atoms with Gasteiger partial charge in [-0.05, 0) is 13.8 Å². The van der Waals surface area contributed by atoms with Crippen LogP contribution in [0, 0.1) is 0 Å². The molecule has 3 aromatic rings. The summed E-state index contributed by atoms with van der Waals surface area (Å²) in [4.78, 5) is 8.51. The van der Waals surface area contributed by atoms with Crippen molar-refractivity contribution >= 4 is 27.0 Å². The standard InChI is InChI=1S/C17H18F3N5O4S2/c1-3-31(26,27)25(11-4-12(6-21-5-11)28-9-14(19)20)8-15-22-7-13(30-15)17-24-23-16(29-17)10(2)18/h4-7,10,14H,3,8-9H2,1-2H3. The van der Waals surface area contributed by atoms with Gasteiger partial charge in [-0.3, -0.25) is 9.29 Å². The Morgan fingerprint density at radius 1 is 1.23 bits per heavy atom. The molecule has 0 spiro atoms. The highest BCUT2D eigenvalue weighted by atomic mass is 32.2. The maximum atomic E-state index is 13.3. The van der Waals surface area contributed by atoms with E-state index < -0.39 is 29.2 Å². The number of nitrogens with zero attached hydrogens (tertiary/aromatic N) is 5. The molecule has 0 amide bonds. The SMILES string of the molecule is CCS(=O)(=O)N(Cc1ncc(-c2nnc(C(C)F)o2)s1)c1cncc(OCC(F)F)c1. The van der Waals surface area contributed by atoms with Crippen LogP contribution in [0.4, 0.5) is 18.9 Å². The van der Waals surface area contributed by atoms with Crippen molar-refractivity contribution in [3.05, 3.63) is 35.6 Å². The number of ether oxygens (including phenoxy) is 1. The summed E-state index contributed by atoms with van der Waals surface area (Å²) in [5.74, 6) is -0.314. The van der Waals surface area contributed by atoms with E-state index in [1.807, 2.05) is 0 Å². The number of halogens is 3. The molecule has 0 aromatic carbocycles. The fourth-order valence-electron chi connectivity index (χ4n) is 2.39. The van der Waals surface area contributed by atoms with Gasteiger partial charge < -0.3 is 9.15 Å². The topological polar surface area (TPSA) is 111 Å². The average molecular weight is 477 g/mol. The molecule has 0 aliphatic heterocycles. The van der Waals surface area contributed by atoms with Gasteiger partial charge in [0.1, 0.15) is 22.2 Å². The first-order chi connectivity index (χ1) is 14.7. The zero-order valence-corrected chi connectivity index (χ0v) is 18.0. The second kappa shape index (κ2) is 9.60. The van der Waals surface area contributed by atoms with Crippen molar-refractivity contribution in [2.24, 2.45) is 0 Å². The van der Waals surface area contributed by atoms with Gasteiger partial charge in [-0.25, -0.2) is 26.6 Å². The second-order valence-corrected chi connectivity index (χ2v) is 9.46. The lowest BCUT2D eigenvalue weighted by Gasteiger charge is -2.23. The lowest BCUT2D eigenvalue weighted by molar-refractivity contribution is 0.0817. The summed E-state index contributed by atoms with van der Waals surface area (Å²) in [6.45, 7) is 1.74. The summed E-state index contributed by atoms with van der Waals surface area (Å²) in [5.41, 5.74) is 0.136. The maximum Gasteiger partial charge on any atom is 0.272 e. The summed E-state index contributed by atoms with van der Waals surface area (Å²) in [5, 5.41) is 7.76. The zero-order chi connectivity index (χ0) is 22.6. The smallest absolute Gasteiger partial charge is 0.272 e. The van der Waals surface area contributed by atoms with Crippen LogP contribution in [0.1, 0.15) is 30.9 Å². The number of hydrogen-bond donors (Lipinski definition) is 0. The number of thiazole rings is 1. The molecule has 31 heavy (non-hydrogen) atoms. The van der Waals surface area contributed by atoms with Crippen molar-refractivity contribution < 1.29 is 30.7 Å². The molecule has 0 N–H and O–H groups in total. The minimum absolute atomic E-state index is 0.00709. The van der Waals surface area contributed by atoms with E-state index in [0.717, 1.165) is 15.6 Å². The Bertz CT molecular complexity index is 1120. The van der Waals surface area contributed by atoms with E-state index >= 15 is 0 Å². The molecule has 0 saturated carbocycles.